The summed E-state index contributed by atoms with van der Waals surface area (Å²) in [7, 11) is 0. The predicted octanol–water partition coefficient (Wildman–Crippen LogP) is 3.59. The zero-order valence-electron chi connectivity index (χ0n) is 14.0. The van der Waals surface area contributed by atoms with Gasteiger partial charge in [0.05, 0.1) is 10.6 Å². The summed E-state index contributed by atoms with van der Waals surface area (Å²) in [6, 6.07) is 7.19. The third kappa shape index (κ3) is 4.10. The molecule has 5 heteroatoms. The maximum Gasteiger partial charge on any atom is 0.255 e. The van der Waals surface area contributed by atoms with E-state index < -0.39 is 0 Å². The Balaban J connectivity index is 1.49. The average Bonchev–Trinajstić information content (AvgIpc) is 2.63. The van der Waals surface area contributed by atoms with Crippen molar-refractivity contribution in [3.8, 4) is 0 Å². The summed E-state index contributed by atoms with van der Waals surface area (Å²) in [5.74, 6) is 0.696. The van der Waals surface area contributed by atoms with E-state index in [2.05, 4.69) is 0 Å². The minimum absolute atomic E-state index is 0.00130. The van der Waals surface area contributed by atoms with E-state index in [1.807, 2.05) is 21.9 Å². The highest BCUT2D eigenvalue weighted by atomic mass is 35.5. The van der Waals surface area contributed by atoms with E-state index in [-0.39, 0.29) is 5.91 Å². The molecule has 2 aliphatic heterocycles. The van der Waals surface area contributed by atoms with Crippen molar-refractivity contribution in [1.82, 2.24) is 9.80 Å². The molecule has 2 amide bonds. The van der Waals surface area contributed by atoms with Gasteiger partial charge in [-0.05, 0) is 50.2 Å². The minimum Gasteiger partial charge on any atom is -0.343 e. The standard InChI is InChI=1S/C19H25ClN2O2/c20-17-7-3-2-6-16(17)19(24)22-12-8-15(9-13-22)14-18(23)21-10-4-1-5-11-21/h2-3,6-7,15H,1,4-5,8-14H2. The van der Waals surface area contributed by atoms with Gasteiger partial charge >= 0.3 is 0 Å². The average molecular weight is 349 g/mol. The molecule has 2 heterocycles. The lowest BCUT2D eigenvalue weighted by atomic mass is 9.92. The molecule has 0 saturated carbocycles. The van der Waals surface area contributed by atoms with Crippen LogP contribution < -0.4 is 0 Å². The van der Waals surface area contributed by atoms with Gasteiger partial charge in [0.1, 0.15) is 0 Å². The first-order chi connectivity index (χ1) is 11.6. The van der Waals surface area contributed by atoms with Crippen LogP contribution >= 0.6 is 11.6 Å². The number of piperidine rings is 2. The molecule has 3 rings (SSSR count). The second kappa shape index (κ2) is 8.02. The van der Waals surface area contributed by atoms with Crippen LogP contribution in [0.25, 0.3) is 0 Å². The fourth-order valence-corrected chi connectivity index (χ4v) is 3.88. The number of benzene rings is 1. The van der Waals surface area contributed by atoms with E-state index in [9.17, 15) is 9.59 Å². The van der Waals surface area contributed by atoms with Gasteiger partial charge in [0.15, 0.2) is 0 Å². The molecule has 2 aliphatic rings. The summed E-state index contributed by atoms with van der Waals surface area (Å²) < 4.78 is 0. The molecule has 0 aliphatic carbocycles. The van der Waals surface area contributed by atoms with Crippen LogP contribution in [0.15, 0.2) is 24.3 Å². The van der Waals surface area contributed by atoms with E-state index in [0.29, 0.717) is 41.9 Å². The van der Waals surface area contributed by atoms with Crippen molar-refractivity contribution in [2.24, 2.45) is 5.92 Å². The Kier molecular flexibility index (Phi) is 5.77. The van der Waals surface area contributed by atoms with E-state index in [1.54, 1.807) is 12.1 Å². The summed E-state index contributed by atoms with van der Waals surface area (Å²) >= 11 is 6.12. The van der Waals surface area contributed by atoms with Crippen molar-refractivity contribution < 1.29 is 9.59 Å². The Morgan fingerprint density at radius 2 is 1.62 bits per heavy atom. The summed E-state index contributed by atoms with van der Waals surface area (Å²) in [5.41, 5.74) is 0.571. The molecule has 4 nitrogen and oxygen atoms in total. The normalized spacial score (nSPS) is 19.4. The molecule has 0 radical (unpaired) electrons. The number of rotatable bonds is 3. The zero-order valence-corrected chi connectivity index (χ0v) is 14.8. The Hall–Kier alpha value is -1.55. The van der Waals surface area contributed by atoms with Crippen molar-refractivity contribution in [2.75, 3.05) is 26.2 Å². The fourth-order valence-electron chi connectivity index (χ4n) is 3.66. The molecular formula is C19H25ClN2O2. The number of carbonyl (C=O) groups excluding carboxylic acids is 2. The van der Waals surface area contributed by atoms with Crippen molar-refractivity contribution in [3.05, 3.63) is 34.9 Å². The maximum atomic E-state index is 12.6. The highest BCUT2D eigenvalue weighted by Crippen LogP contribution is 2.25. The van der Waals surface area contributed by atoms with Gasteiger partial charge in [-0.15, -0.1) is 0 Å². The van der Waals surface area contributed by atoms with E-state index in [1.165, 1.54) is 6.42 Å². The SMILES string of the molecule is O=C(CC1CCN(C(=O)c2ccccc2Cl)CC1)N1CCCCC1. The Morgan fingerprint density at radius 1 is 0.958 bits per heavy atom. The Bertz CT molecular complexity index is 591. The van der Waals surface area contributed by atoms with Crippen LogP contribution in [0.4, 0.5) is 0 Å². The minimum atomic E-state index is 0.00130. The first kappa shape index (κ1) is 17.3. The summed E-state index contributed by atoms with van der Waals surface area (Å²) in [4.78, 5) is 28.8. The van der Waals surface area contributed by atoms with Crippen molar-refractivity contribution >= 4 is 23.4 Å². The van der Waals surface area contributed by atoms with Gasteiger partial charge < -0.3 is 9.80 Å². The molecule has 0 atom stereocenters. The highest BCUT2D eigenvalue weighted by Gasteiger charge is 2.27. The lowest BCUT2D eigenvalue weighted by Crippen LogP contribution is -2.41. The zero-order chi connectivity index (χ0) is 16.9. The number of carbonyl (C=O) groups is 2. The molecule has 2 fully saturated rings. The number of hydrogen-bond donors (Lipinski definition) is 0. The van der Waals surface area contributed by atoms with Gasteiger partial charge in [0.2, 0.25) is 5.91 Å². The molecule has 1 aromatic carbocycles. The molecule has 2 saturated heterocycles. The van der Waals surface area contributed by atoms with E-state index in [0.717, 1.165) is 38.8 Å². The predicted molar refractivity (Wildman–Crippen MR) is 95.1 cm³/mol. The summed E-state index contributed by atoms with van der Waals surface area (Å²) in [6.45, 7) is 3.26. The van der Waals surface area contributed by atoms with Crippen LogP contribution in [0.5, 0.6) is 0 Å². The van der Waals surface area contributed by atoms with Gasteiger partial charge in [0, 0.05) is 32.6 Å². The lowest BCUT2D eigenvalue weighted by molar-refractivity contribution is -0.133. The van der Waals surface area contributed by atoms with Crippen LogP contribution in [0.2, 0.25) is 5.02 Å². The summed E-state index contributed by atoms with van der Waals surface area (Å²) in [6.07, 6.45) is 5.94. The van der Waals surface area contributed by atoms with Crippen molar-refractivity contribution in [3.63, 3.8) is 0 Å². The van der Waals surface area contributed by atoms with Crippen LogP contribution in [0.3, 0.4) is 0 Å². The maximum absolute atomic E-state index is 12.6. The molecule has 1 aromatic rings. The quantitative estimate of drug-likeness (QED) is 0.837. The molecule has 0 spiro atoms. The topological polar surface area (TPSA) is 40.6 Å². The number of amides is 2. The molecule has 130 valence electrons. The molecular weight excluding hydrogens is 324 g/mol. The van der Waals surface area contributed by atoms with Crippen LogP contribution in [-0.2, 0) is 4.79 Å². The van der Waals surface area contributed by atoms with Crippen molar-refractivity contribution in [1.29, 1.82) is 0 Å². The van der Waals surface area contributed by atoms with Gasteiger partial charge in [0.25, 0.3) is 5.91 Å². The summed E-state index contributed by atoms with van der Waals surface area (Å²) in [5, 5.41) is 0.505. The third-order valence-corrected chi connectivity index (χ3v) is 5.51. The monoisotopic (exact) mass is 348 g/mol. The third-order valence-electron chi connectivity index (χ3n) is 5.18. The first-order valence-electron chi connectivity index (χ1n) is 8.97. The molecule has 0 aromatic heterocycles. The second-order valence-corrected chi connectivity index (χ2v) is 7.27. The lowest BCUT2D eigenvalue weighted by Gasteiger charge is -2.34. The first-order valence-corrected chi connectivity index (χ1v) is 9.34. The number of likely N-dealkylation sites (tertiary alicyclic amines) is 2. The van der Waals surface area contributed by atoms with Crippen molar-refractivity contribution in [2.45, 2.75) is 38.5 Å². The molecule has 0 bridgehead atoms. The molecule has 24 heavy (non-hydrogen) atoms. The van der Waals surface area contributed by atoms with Crippen LogP contribution in [0.1, 0.15) is 48.9 Å². The fraction of sp³-hybridized carbons (Fsp3) is 0.579. The number of hydrogen-bond acceptors (Lipinski definition) is 2. The van der Waals surface area contributed by atoms with E-state index >= 15 is 0 Å². The van der Waals surface area contributed by atoms with Gasteiger partial charge in [-0.1, -0.05) is 23.7 Å². The van der Waals surface area contributed by atoms with Gasteiger partial charge in [-0.2, -0.15) is 0 Å². The largest absolute Gasteiger partial charge is 0.343 e. The second-order valence-electron chi connectivity index (χ2n) is 6.86. The Labute approximate surface area is 148 Å². The number of nitrogens with zero attached hydrogens (tertiary/aromatic N) is 2. The van der Waals surface area contributed by atoms with Crippen LogP contribution in [-0.4, -0.2) is 47.8 Å². The molecule has 0 unspecified atom stereocenters. The smallest absolute Gasteiger partial charge is 0.255 e. The Morgan fingerprint density at radius 3 is 2.29 bits per heavy atom. The van der Waals surface area contributed by atoms with Gasteiger partial charge in [-0.25, -0.2) is 0 Å². The molecule has 0 N–H and O–H groups in total. The van der Waals surface area contributed by atoms with E-state index in [4.69, 9.17) is 11.6 Å². The number of halogens is 1. The van der Waals surface area contributed by atoms with Gasteiger partial charge in [-0.3, -0.25) is 9.59 Å². The highest BCUT2D eigenvalue weighted by molar-refractivity contribution is 6.33. The van der Waals surface area contributed by atoms with Crippen LogP contribution in [0, 0.1) is 5.92 Å².